The highest BCUT2D eigenvalue weighted by Crippen LogP contribution is 2.14. The summed E-state index contributed by atoms with van der Waals surface area (Å²) in [6.45, 7) is 2.42. The number of hydrogen-bond acceptors (Lipinski definition) is 5. The van der Waals surface area contributed by atoms with Gasteiger partial charge in [0.15, 0.2) is 5.69 Å². The lowest BCUT2D eigenvalue weighted by Crippen LogP contribution is -2.18. The first-order valence-corrected chi connectivity index (χ1v) is 5.39. The molecule has 2 aromatic rings. The molecule has 0 saturated heterocycles. The molecule has 6 heteroatoms. The number of oxazole rings is 1. The molecule has 0 spiro atoms. The van der Waals surface area contributed by atoms with Gasteiger partial charge in [-0.05, 0) is 19.1 Å². The average Bonchev–Trinajstić information content (AvgIpc) is 2.78. The molecule has 6 nitrogen and oxygen atoms in total. The van der Waals surface area contributed by atoms with Crippen molar-refractivity contribution < 1.29 is 14.3 Å². The van der Waals surface area contributed by atoms with Crippen LogP contribution in [0.2, 0.25) is 0 Å². The van der Waals surface area contributed by atoms with Crippen molar-refractivity contribution in [2.75, 3.05) is 11.9 Å². The highest BCUT2D eigenvalue weighted by Gasteiger charge is 2.14. The van der Waals surface area contributed by atoms with E-state index in [1.165, 1.54) is 0 Å². The van der Waals surface area contributed by atoms with Gasteiger partial charge in [-0.1, -0.05) is 6.07 Å². The number of pyridine rings is 1. The minimum Gasteiger partial charge on any atom is -0.476 e. The summed E-state index contributed by atoms with van der Waals surface area (Å²) in [5, 5.41) is 8.75. The van der Waals surface area contributed by atoms with E-state index in [4.69, 9.17) is 9.52 Å². The van der Waals surface area contributed by atoms with Crippen LogP contribution in [-0.4, -0.2) is 28.1 Å². The largest absolute Gasteiger partial charge is 0.476 e. The van der Waals surface area contributed by atoms with E-state index in [-0.39, 0.29) is 11.7 Å². The molecule has 0 aliphatic carbocycles. The fourth-order valence-corrected chi connectivity index (χ4v) is 1.54. The molecule has 0 saturated carbocycles. The van der Waals surface area contributed by atoms with Crippen LogP contribution in [0.4, 0.5) is 6.01 Å². The molecule has 0 aliphatic heterocycles. The van der Waals surface area contributed by atoms with Crippen LogP contribution in [0, 0.1) is 6.92 Å². The summed E-state index contributed by atoms with van der Waals surface area (Å²) in [5.74, 6) is -1.10. The van der Waals surface area contributed by atoms with Gasteiger partial charge in [-0.15, -0.1) is 0 Å². The number of hydrogen-bond donors (Lipinski definition) is 1. The maximum atomic E-state index is 10.7. The van der Waals surface area contributed by atoms with Crippen LogP contribution in [0.25, 0.3) is 0 Å². The lowest BCUT2D eigenvalue weighted by molar-refractivity contribution is 0.0690. The Morgan fingerprint density at radius 2 is 2.22 bits per heavy atom. The zero-order valence-corrected chi connectivity index (χ0v) is 10.1. The van der Waals surface area contributed by atoms with Gasteiger partial charge in [-0.2, -0.15) is 4.98 Å². The third-order valence-electron chi connectivity index (χ3n) is 2.38. The highest BCUT2D eigenvalue weighted by molar-refractivity contribution is 5.85. The van der Waals surface area contributed by atoms with Crippen molar-refractivity contribution >= 4 is 12.0 Å². The zero-order chi connectivity index (χ0) is 13.1. The number of nitrogens with zero attached hydrogens (tertiary/aromatic N) is 3. The molecule has 0 amide bonds. The van der Waals surface area contributed by atoms with Gasteiger partial charge in [-0.25, -0.2) is 4.79 Å². The first-order valence-electron chi connectivity index (χ1n) is 5.39. The first kappa shape index (κ1) is 12.1. The minimum atomic E-state index is -1.10. The number of anilines is 1. The van der Waals surface area contributed by atoms with E-state index in [0.717, 1.165) is 17.7 Å². The van der Waals surface area contributed by atoms with Crippen LogP contribution in [-0.2, 0) is 6.54 Å². The fraction of sp³-hybridized carbons (Fsp3) is 0.250. The van der Waals surface area contributed by atoms with Crippen LogP contribution >= 0.6 is 0 Å². The van der Waals surface area contributed by atoms with Gasteiger partial charge in [0.05, 0.1) is 12.2 Å². The van der Waals surface area contributed by atoms with E-state index in [1.54, 1.807) is 11.9 Å². The molecule has 0 aromatic carbocycles. The summed E-state index contributed by atoms with van der Waals surface area (Å²) in [7, 11) is 1.77. The molecule has 0 radical (unpaired) electrons. The first-order chi connectivity index (χ1) is 8.56. The molecule has 2 aromatic heterocycles. The normalized spacial score (nSPS) is 10.3. The van der Waals surface area contributed by atoms with E-state index in [1.807, 2.05) is 25.1 Å². The number of aromatic carboxylic acids is 1. The van der Waals surface area contributed by atoms with E-state index < -0.39 is 5.97 Å². The summed E-state index contributed by atoms with van der Waals surface area (Å²) in [4.78, 5) is 20.6. The second-order valence-corrected chi connectivity index (χ2v) is 3.95. The Labute approximate surface area is 104 Å². The van der Waals surface area contributed by atoms with Crippen LogP contribution in [0.15, 0.2) is 28.9 Å². The van der Waals surface area contributed by atoms with Gasteiger partial charge < -0.3 is 14.4 Å². The van der Waals surface area contributed by atoms with Gasteiger partial charge in [0, 0.05) is 12.7 Å². The van der Waals surface area contributed by atoms with Crippen molar-refractivity contribution in [3.63, 3.8) is 0 Å². The summed E-state index contributed by atoms with van der Waals surface area (Å²) >= 11 is 0. The number of carbonyl (C=O) groups is 1. The monoisotopic (exact) mass is 247 g/mol. The predicted octanol–water partition coefficient (Wildman–Crippen LogP) is 1.71. The average molecular weight is 247 g/mol. The van der Waals surface area contributed by atoms with Crippen molar-refractivity contribution in [3.8, 4) is 0 Å². The van der Waals surface area contributed by atoms with Gasteiger partial charge in [0.25, 0.3) is 6.01 Å². The Bertz CT molecular complexity index is 565. The van der Waals surface area contributed by atoms with Gasteiger partial charge in [0.2, 0.25) is 0 Å². The third-order valence-corrected chi connectivity index (χ3v) is 2.38. The topological polar surface area (TPSA) is 79.5 Å². The molecule has 2 rings (SSSR count). The van der Waals surface area contributed by atoms with Gasteiger partial charge in [0.1, 0.15) is 6.26 Å². The highest BCUT2D eigenvalue weighted by atomic mass is 16.4. The van der Waals surface area contributed by atoms with Crippen LogP contribution < -0.4 is 4.90 Å². The molecule has 0 bridgehead atoms. The second-order valence-electron chi connectivity index (χ2n) is 3.95. The maximum Gasteiger partial charge on any atom is 0.357 e. The molecule has 94 valence electrons. The Morgan fingerprint density at radius 1 is 1.44 bits per heavy atom. The Kier molecular flexibility index (Phi) is 3.27. The summed E-state index contributed by atoms with van der Waals surface area (Å²) in [6.07, 6.45) is 1.12. The summed E-state index contributed by atoms with van der Waals surface area (Å²) < 4.78 is 5.10. The molecule has 0 unspecified atom stereocenters. The predicted molar refractivity (Wildman–Crippen MR) is 64.5 cm³/mol. The van der Waals surface area contributed by atoms with Gasteiger partial charge in [-0.3, -0.25) is 4.98 Å². The smallest absolute Gasteiger partial charge is 0.357 e. The summed E-state index contributed by atoms with van der Waals surface area (Å²) in [6, 6.07) is 5.99. The number of carboxylic acids is 1. The maximum absolute atomic E-state index is 10.7. The van der Waals surface area contributed by atoms with Crippen molar-refractivity contribution in [2.24, 2.45) is 0 Å². The van der Waals surface area contributed by atoms with Crippen LogP contribution in [0.1, 0.15) is 21.9 Å². The quantitative estimate of drug-likeness (QED) is 0.886. The summed E-state index contributed by atoms with van der Waals surface area (Å²) in [5.41, 5.74) is 1.70. The van der Waals surface area contributed by atoms with Crippen molar-refractivity contribution in [2.45, 2.75) is 13.5 Å². The Morgan fingerprint density at radius 3 is 2.83 bits per heavy atom. The van der Waals surface area contributed by atoms with Crippen molar-refractivity contribution in [1.29, 1.82) is 0 Å². The lowest BCUT2D eigenvalue weighted by atomic mass is 10.3. The van der Waals surface area contributed by atoms with Crippen molar-refractivity contribution in [1.82, 2.24) is 9.97 Å². The molecule has 1 N–H and O–H groups in total. The molecule has 0 atom stereocenters. The molecule has 0 aliphatic rings. The lowest BCUT2D eigenvalue weighted by Gasteiger charge is -2.13. The van der Waals surface area contributed by atoms with E-state index >= 15 is 0 Å². The Hall–Kier alpha value is -2.37. The SMILES string of the molecule is Cc1cccc(CN(C)c2nc(C(=O)O)co2)n1. The molecule has 2 heterocycles. The number of aryl methyl sites for hydroxylation is 1. The van der Waals surface area contributed by atoms with Crippen LogP contribution in [0.5, 0.6) is 0 Å². The number of aromatic nitrogens is 2. The van der Waals surface area contributed by atoms with E-state index in [2.05, 4.69) is 9.97 Å². The minimum absolute atomic E-state index is 0.103. The molecule has 0 fully saturated rings. The molecular formula is C12H13N3O3. The number of rotatable bonds is 4. The zero-order valence-electron chi connectivity index (χ0n) is 10.1. The van der Waals surface area contributed by atoms with E-state index in [0.29, 0.717) is 6.54 Å². The third kappa shape index (κ3) is 2.65. The molecule has 18 heavy (non-hydrogen) atoms. The fourth-order valence-electron chi connectivity index (χ4n) is 1.54. The van der Waals surface area contributed by atoms with Crippen molar-refractivity contribution in [3.05, 3.63) is 41.5 Å². The van der Waals surface area contributed by atoms with Gasteiger partial charge >= 0.3 is 5.97 Å². The van der Waals surface area contributed by atoms with Crippen LogP contribution in [0.3, 0.4) is 0 Å². The standard InChI is InChI=1S/C12H13N3O3/c1-8-4-3-5-9(13-8)6-15(2)12-14-10(7-18-12)11(16)17/h3-5,7H,6H2,1-2H3,(H,16,17). The molecular weight excluding hydrogens is 234 g/mol. The van der Waals surface area contributed by atoms with E-state index in [9.17, 15) is 4.79 Å². The number of carboxylic acid groups (broad SMARTS) is 1. The Balaban J connectivity index is 2.11. The second kappa shape index (κ2) is 4.87.